The van der Waals surface area contributed by atoms with E-state index in [2.05, 4.69) is 21.2 Å². The average molecular weight is 491 g/mol. The lowest BCUT2D eigenvalue weighted by Crippen LogP contribution is -2.33. The Hall–Kier alpha value is -4.86. The summed E-state index contributed by atoms with van der Waals surface area (Å²) >= 11 is 0. The molecule has 0 aromatic heterocycles. The van der Waals surface area contributed by atoms with Gasteiger partial charge in [-0.25, -0.2) is 5.43 Å². The second kappa shape index (κ2) is 12.6. The first-order valence-corrected chi connectivity index (χ1v) is 10.9. The van der Waals surface area contributed by atoms with Crippen molar-refractivity contribution in [3.05, 3.63) is 77.9 Å². The minimum atomic E-state index is -1.01. The first-order chi connectivity index (χ1) is 17.4. The molecule has 0 aliphatic rings. The van der Waals surface area contributed by atoms with Gasteiger partial charge in [0.1, 0.15) is 5.75 Å². The molecule has 3 amide bonds. The number of hydrazone groups is 1. The second-order valence-electron chi connectivity index (χ2n) is 7.22. The number of carbonyl (C=O) groups is 3. The van der Waals surface area contributed by atoms with Crippen LogP contribution in [-0.2, 0) is 9.59 Å². The summed E-state index contributed by atoms with van der Waals surface area (Å²) in [5, 5.41) is 8.99. The van der Waals surface area contributed by atoms with Gasteiger partial charge in [-0.1, -0.05) is 12.1 Å². The van der Waals surface area contributed by atoms with Gasteiger partial charge in [-0.2, -0.15) is 5.10 Å². The number of hydrogen-bond acceptors (Lipinski definition) is 7. The molecule has 3 N–H and O–H groups in total. The first kappa shape index (κ1) is 25.8. The highest BCUT2D eigenvalue weighted by Gasteiger charge is 2.18. The van der Waals surface area contributed by atoms with Gasteiger partial charge in [0.15, 0.2) is 11.5 Å². The lowest BCUT2D eigenvalue weighted by atomic mass is 10.1. The van der Waals surface area contributed by atoms with Gasteiger partial charge in [0.2, 0.25) is 0 Å². The van der Waals surface area contributed by atoms with Crippen LogP contribution in [0.5, 0.6) is 17.2 Å². The van der Waals surface area contributed by atoms with Crippen molar-refractivity contribution >= 4 is 35.3 Å². The number of nitrogens with one attached hydrogen (secondary N) is 3. The molecule has 0 spiro atoms. The SMILES string of the molecule is CCOc1ccc(NC(=O)c2ccccc2NC(=O)C(=O)NN=Cc2ccc(OC)c(OC)c2)cc1. The van der Waals surface area contributed by atoms with Crippen LogP contribution in [0, 0.1) is 0 Å². The monoisotopic (exact) mass is 490 g/mol. The molecular formula is C26H26N4O6. The van der Waals surface area contributed by atoms with Gasteiger partial charge < -0.3 is 24.8 Å². The average Bonchev–Trinajstić information content (AvgIpc) is 2.90. The van der Waals surface area contributed by atoms with Gasteiger partial charge in [0.05, 0.1) is 38.3 Å². The van der Waals surface area contributed by atoms with E-state index in [-0.39, 0.29) is 11.3 Å². The summed E-state index contributed by atoms with van der Waals surface area (Å²) in [5.41, 5.74) is 3.67. The Morgan fingerprint density at radius 3 is 2.28 bits per heavy atom. The minimum absolute atomic E-state index is 0.171. The zero-order valence-corrected chi connectivity index (χ0v) is 20.0. The second-order valence-corrected chi connectivity index (χ2v) is 7.22. The highest BCUT2D eigenvalue weighted by molar-refractivity contribution is 6.40. The minimum Gasteiger partial charge on any atom is -0.494 e. The number of benzene rings is 3. The van der Waals surface area contributed by atoms with Crippen LogP contribution < -0.4 is 30.3 Å². The molecule has 0 saturated heterocycles. The Morgan fingerprint density at radius 1 is 0.861 bits per heavy atom. The standard InChI is InChI=1S/C26H26N4O6/c1-4-36-19-12-10-18(11-13-19)28-24(31)20-7-5-6-8-21(20)29-25(32)26(33)30-27-16-17-9-14-22(34-2)23(15-17)35-3/h5-16H,4H2,1-3H3,(H,28,31)(H,29,32)(H,30,33). The molecular weight excluding hydrogens is 464 g/mol. The van der Waals surface area contributed by atoms with Crippen molar-refractivity contribution in [2.75, 3.05) is 31.5 Å². The molecule has 186 valence electrons. The third-order valence-corrected chi connectivity index (χ3v) is 4.84. The summed E-state index contributed by atoms with van der Waals surface area (Å²) < 4.78 is 15.8. The highest BCUT2D eigenvalue weighted by Crippen LogP contribution is 2.26. The number of carbonyl (C=O) groups excluding carboxylic acids is 3. The molecule has 3 aromatic carbocycles. The van der Waals surface area contributed by atoms with Crippen LogP contribution in [-0.4, -0.2) is 44.8 Å². The zero-order chi connectivity index (χ0) is 25.9. The van der Waals surface area contributed by atoms with Crippen LogP contribution in [0.15, 0.2) is 71.8 Å². The molecule has 0 fully saturated rings. The van der Waals surface area contributed by atoms with E-state index in [1.54, 1.807) is 54.6 Å². The van der Waals surface area contributed by atoms with Crippen LogP contribution >= 0.6 is 0 Å². The van der Waals surface area contributed by atoms with Crippen LogP contribution in [0.25, 0.3) is 0 Å². The molecule has 0 unspecified atom stereocenters. The van der Waals surface area contributed by atoms with Crippen LogP contribution in [0.4, 0.5) is 11.4 Å². The molecule has 10 nitrogen and oxygen atoms in total. The Kier molecular flexibility index (Phi) is 8.99. The summed E-state index contributed by atoms with van der Waals surface area (Å²) in [6, 6.07) is 18.3. The molecule has 0 saturated carbocycles. The van der Waals surface area contributed by atoms with Crippen molar-refractivity contribution in [1.29, 1.82) is 0 Å². The van der Waals surface area contributed by atoms with E-state index in [1.165, 1.54) is 32.6 Å². The predicted octanol–water partition coefficient (Wildman–Crippen LogP) is 3.44. The summed E-state index contributed by atoms with van der Waals surface area (Å²) in [7, 11) is 3.02. The highest BCUT2D eigenvalue weighted by atomic mass is 16.5. The van der Waals surface area contributed by atoms with E-state index in [1.807, 2.05) is 6.92 Å². The molecule has 10 heteroatoms. The molecule has 3 aromatic rings. The van der Waals surface area contributed by atoms with Crippen molar-refractivity contribution in [3.63, 3.8) is 0 Å². The van der Waals surface area contributed by atoms with Crippen molar-refractivity contribution < 1.29 is 28.6 Å². The van der Waals surface area contributed by atoms with E-state index in [9.17, 15) is 14.4 Å². The molecule has 3 rings (SSSR count). The van der Waals surface area contributed by atoms with Crippen LogP contribution in [0.1, 0.15) is 22.8 Å². The van der Waals surface area contributed by atoms with Gasteiger partial charge in [-0.15, -0.1) is 0 Å². The molecule has 0 aliphatic heterocycles. The van der Waals surface area contributed by atoms with E-state index in [0.29, 0.717) is 35.1 Å². The third kappa shape index (κ3) is 6.83. The zero-order valence-electron chi connectivity index (χ0n) is 20.0. The lowest BCUT2D eigenvalue weighted by Gasteiger charge is -2.11. The van der Waals surface area contributed by atoms with Gasteiger partial charge in [-0.3, -0.25) is 14.4 Å². The fourth-order valence-electron chi connectivity index (χ4n) is 3.12. The number of nitrogens with zero attached hydrogens (tertiary/aromatic N) is 1. The van der Waals surface area contributed by atoms with Crippen molar-refractivity contribution in [2.24, 2.45) is 5.10 Å². The number of hydrogen-bond donors (Lipinski definition) is 3. The van der Waals surface area contributed by atoms with Gasteiger partial charge in [0.25, 0.3) is 5.91 Å². The topological polar surface area (TPSA) is 127 Å². The molecule has 0 aliphatic carbocycles. The quantitative estimate of drug-likeness (QED) is 0.240. The van der Waals surface area contributed by atoms with Gasteiger partial charge in [-0.05, 0) is 67.1 Å². The maximum atomic E-state index is 12.8. The Labute approximate surface area is 208 Å². The fourth-order valence-corrected chi connectivity index (χ4v) is 3.12. The number of rotatable bonds is 9. The van der Waals surface area contributed by atoms with E-state index in [4.69, 9.17) is 14.2 Å². The largest absolute Gasteiger partial charge is 0.494 e. The van der Waals surface area contributed by atoms with Crippen LogP contribution in [0.2, 0.25) is 0 Å². The van der Waals surface area contributed by atoms with Crippen LogP contribution in [0.3, 0.4) is 0 Å². The number of anilines is 2. The number of ether oxygens (including phenoxy) is 3. The molecule has 0 bridgehead atoms. The van der Waals surface area contributed by atoms with Gasteiger partial charge >= 0.3 is 11.8 Å². The summed E-state index contributed by atoms with van der Waals surface area (Å²) in [6.07, 6.45) is 1.35. The normalized spacial score (nSPS) is 10.4. The summed E-state index contributed by atoms with van der Waals surface area (Å²) in [4.78, 5) is 37.4. The Morgan fingerprint density at radius 2 is 1.58 bits per heavy atom. The van der Waals surface area contributed by atoms with Gasteiger partial charge in [0, 0.05) is 5.69 Å². The molecule has 36 heavy (non-hydrogen) atoms. The lowest BCUT2D eigenvalue weighted by molar-refractivity contribution is -0.136. The number of amides is 3. The predicted molar refractivity (Wildman–Crippen MR) is 136 cm³/mol. The molecule has 0 atom stereocenters. The Balaban J connectivity index is 1.62. The Bertz CT molecular complexity index is 1260. The van der Waals surface area contributed by atoms with E-state index >= 15 is 0 Å². The fraction of sp³-hybridized carbons (Fsp3) is 0.154. The molecule has 0 radical (unpaired) electrons. The number of methoxy groups -OCH3 is 2. The first-order valence-electron chi connectivity index (χ1n) is 10.9. The smallest absolute Gasteiger partial charge is 0.329 e. The van der Waals surface area contributed by atoms with Crippen molar-refractivity contribution in [2.45, 2.75) is 6.92 Å². The van der Waals surface area contributed by atoms with E-state index in [0.717, 1.165) is 0 Å². The maximum Gasteiger partial charge on any atom is 0.329 e. The van der Waals surface area contributed by atoms with E-state index < -0.39 is 17.7 Å². The summed E-state index contributed by atoms with van der Waals surface area (Å²) in [6.45, 7) is 2.42. The number of para-hydroxylation sites is 1. The maximum absolute atomic E-state index is 12.8. The third-order valence-electron chi connectivity index (χ3n) is 4.84. The van der Waals surface area contributed by atoms with Crippen molar-refractivity contribution in [1.82, 2.24) is 5.43 Å². The van der Waals surface area contributed by atoms with Crippen molar-refractivity contribution in [3.8, 4) is 17.2 Å². The summed E-state index contributed by atoms with van der Waals surface area (Å²) in [5.74, 6) is -0.729. The molecule has 0 heterocycles.